The molecular weight excluding hydrogens is 382 g/mol. The van der Waals surface area contributed by atoms with Crippen molar-refractivity contribution in [2.75, 3.05) is 44.9 Å². The maximum absolute atomic E-state index is 11.9. The van der Waals surface area contributed by atoms with Crippen LogP contribution >= 0.6 is 11.6 Å². The minimum atomic E-state index is -0.389. The number of para-hydroxylation sites is 1. The third-order valence-electron chi connectivity index (χ3n) is 4.18. The highest BCUT2D eigenvalue weighted by atomic mass is 35.5. The molecular formula is C20H22ClN3O4. The van der Waals surface area contributed by atoms with Gasteiger partial charge in [0.15, 0.2) is 6.61 Å². The van der Waals surface area contributed by atoms with Crippen LogP contribution < -0.4 is 19.8 Å². The number of ether oxygens (including phenoxy) is 3. The molecule has 0 saturated carbocycles. The lowest BCUT2D eigenvalue weighted by Gasteiger charge is -2.29. The van der Waals surface area contributed by atoms with Crippen molar-refractivity contribution in [3.05, 3.63) is 53.1 Å². The normalized spacial score (nSPS) is 14.1. The van der Waals surface area contributed by atoms with Gasteiger partial charge in [-0.2, -0.15) is 5.10 Å². The van der Waals surface area contributed by atoms with Crippen LogP contribution in [-0.4, -0.2) is 52.1 Å². The zero-order chi connectivity index (χ0) is 19.8. The minimum Gasteiger partial charge on any atom is -0.496 e. The van der Waals surface area contributed by atoms with Gasteiger partial charge in [0.1, 0.15) is 11.5 Å². The molecule has 1 aliphatic heterocycles. The molecule has 3 rings (SSSR count). The van der Waals surface area contributed by atoms with E-state index in [4.69, 9.17) is 25.8 Å². The summed E-state index contributed by atoms with van der Waals surface area (Å²) in [7, 11) is 1.60. The SMILES string of the molecule is COc1cc(N2CCOCC2)ccc1/C=N/NC(=O)COc1ccccc1Cl. The molecule has 28 heavy (non-hydrogen) atoms. The van der Waals surface area contributed by atoms with Crippen molar-refractivity contribution in [1.82, 2.24) is 5.43 Å². The number of benzene rings is 2. The third-order valence-corrected chi connectivity index (χ3v) is 4.49. The second-order valence-corrected chi connectivity index (χ2v) is 6.45. The molecule has 0 bridgehead atoms. The van der Waals surface area contributed by atoms with E-state index in [0.717, 1.165) is 24.3 Å². The van der Waals surface area contributed by atoms with Crippen LogP contribution in [0.15, 0.2) is 47.6 Å². The fourth-order valence-corrected chi connectivity index (χ4v) is 2.93. The van der Waals surface area contributed by atoms with E-state index >= 15 is 0 Å². The topological polar surface area (TPSA) is 72.4 Å². The fourth-order valence-electron chi connectivity index (χ4n) is 2.74. The van der Waals surface area contributed by atoms with Gasteiger partial charge in [-0.1, -0.05) is 23.7 Å². The van der Waals surface area contributed by atoms with Crippen LogP contribution in [0.1, 0.15) is 5.56 Å². The first-order chi connectivity index (χ1) is 13.7. The molecule has 0 spiro atoms. The van der Waals surface area contributed by atoms with E-state index in [9.17, 15) is 4.79 Å². The van der Waals surface area contributed by atoms with E-state index < -0.39 is 0 Å². The number of carbonyl (C=O) groups excluding carboxylic acids is 1. The van der Waals surface area contributed by atoms with Gasteiger partial charge in [0.2, 0.25) is 0 Å². The average Bonchev–Trinajstić information content (AvgIpc) is 2.74. The number of hydrogen-bond acceptors (Lipinski definition) is 6. The highest BCUT2D eigenvalue weighted by molar-refractivity contribution is 6.32. The minimum absolute atomic E-state index is 0.186. The molecule has 148 valence electrons. The van der Waals surface area contributed by atoms with Crippen molar-refractivity contribution in [3.63, 3.8) is 0 Å². The summed E-state index contributed by atoms with van der Waals surface area (Å²) in [4.78, 5) is 14.1. The van der Waals surface area contributed by atoms with Gasteiger partial charge in [-0.15, -0.1) is 0 Å². The zero-order valence-corrected chi connectivity index (χ0v) is 16.3. The van der Waals surface area contributed by atoms with Crippen molar-refractivity contribution in [1.29, 1.82) is 0 Å². The number of hydrogen-bond donors (Lipinski definition) is 1. The summed E-state index contributed by atoms with van der Waals surface area (Å²) in [5.41, 5.74) is 4.25. The Bertz CT molecular complexity index is 838. The molecule has 1 heterocycles. The second kappa shape index (κ2) is 9.96. The van der Waals surface area contributed by atoms with Gasteiger partial charge < -0.3 is 19.1 Å². The number of anilines is 1. The van der Waals surface area contributed by atoms with Crippen LogP contribution in [-0.2, 0) is 9.53 Å². The Kier molecular flexibility index (Phi) is 7.11. The van der Waals surface area contributed by atoms with Gasteiger partial charge in [0, 0.05) is 30.4 Å². The quantitative estimate of drug-likeness (QED) is 0.568. The standard InChI is InChI=1S/C20H22ClN3O4/c1-26-19-12-16(24-8-10-27-11-9-24)7-6-15(19)13-22-23-20(25)14-28-18-5-3-2-4-17(18)21/h2-7,12-13H,8-11,14H2,1H3,(H,23,25)/b22-13+. The Labute approximate surface area is 168 Å². The predicted octanol–water partition coefficient (Wildman–Crippen LogP) is 2.71. The Morgan fingerprint density at radius 1 is 1.25 bits per heavy atom. The molecule has 0 atom stereocenters. The molecule has 7 nitrogen and oxygen atoms in total. The summed E-state index contributed by atoms with van der Waals surface area (Å²) < 4.78 is 16.2. The van der Waals surface area contributed by atoms with E-state index in [1.54, 1.807) is 31.4 Å². The van der Waals surface area contributed by atoms with Gasteiger partial charge in [0.25, 0.3) is 5.91 Å². The summed E-state index contributed by atoms with van der Waals surface area (Å²) in [6, 6.07) is 12.8. The lowest BCUT2D eigenvalue weighted by Crippen LogP contribution is -2.36. The summed E-state index contributed by atoms with van der Waals surface area (Å²) in [5.74, 6) is 0.734. The van der Waals surface area contributed by atoms with E-state index in [0.29, 0.717) is 29.7 Å². The Balaban J connectivity index is 1.55. The Morgan fingerprint density at radius 3 is 2.79 bits per heavy atom. The number of hydrazone groups is 1. The molecule has 1 N–H and O–H groups in total. The van der Waals surface area contributed by atoms with Gasteiger partial charge in [-0.3, -0.25) is 4.79 Å². The molecule has 2 aromatic carbocycles. The highest BCUT2D eigenvalue weighted by Crippen LogP contribution is 2.25. The lowest BCUT2D eigenvalue weighted by atomic mass is 10.1. The molecule has 1 fully saturated rings. The summed E-state index contributed by atoms with van der Waals surface area (Å²) in [6.45, 7) is 2.94. The molecule has 1 aliphatic rings. The first-order valence-corrected chi connectivity index (χ1v) is 9.25. The Hall–Kier alpha value is -2.77. The maximum Gasteiger partial charge on any atom is 0.277 e. The number of morpholine rings is 1. The Morgan fingerprint density at radius 2 is 2.04 bits per heavy atom. The van der Waals surface area contributed by atoms with Gasteiger partial charge in [0.05, 0.1) is 31.6 Å². The van der Waals surface area contributed by atoms with Crippen LogP contribution in [0.2, 0.25) is 5.02 Å². The smallest absolute Gasteiger partial charge is 0.277 e. The van der Waals surface area contributed by atoms with Crippen molar-refractivity contribution in [3.8, 4) is 11.5 Å². The van der Waals surface area contributed by atoms with Gasteiger partial charge in [-0.25, -0.2) is 5.43 Å². The van der Waals surface area contributed by atoms with Crippen molar-refractivity contribution in [2.45, 2.75) is 0 Å². The first-order valence-electron chi connectivity index (χ1n) is 8.87. The maximum atomic E-state index is 11.9. The summed E-state index contributed by atoms with van der Waals surface area (Å²) in [5, 5.41) is 4.42. The lowest BCUT2D eigenvalue weighted by molar-refractivity contribution is -0.123. The number of carbonyl (C=O) groups is 1. The van der Waals surface area contributed by atoms with Crippen LogP contribution in [0.4, 0.5) is 5.69 Å². The van der Waals surface area contributed by atoms with Gasteiger partial charge >= 0.3 is 0 Å². The highest BCUT2D eigenvalue weighted by Gasteiger charge is 2.13. The number of methoxy groups -OCH3 is 1. The van der Waals surface area contributed by atoms with Crippen molar-refractivity contribution in [2.24, 2.45) is 5.10 Å². The molecule has 2 aromatic rings. The van der Waals surface area contributed by atoms with E-state index in [1.807, 2.05) is 18.2 Å². The molecule has 0 unspecified atom stereocenters. The fraction of sp³-hybridized carbons (Fsp3) is 0.300. The number of nitrogens with one attached hydrogen (secondary N) is 1. The van der Waals surface area contributed by atoms with E-state index in [-0.39, 0.29) is 12.5 Å². The van der Waals surface area contributed by atoms with E-state index in [1.165, 1.54) is 6.21 Å². The van der Waals surface area contributed by atoms with Crippen molar-refractivity contribution < 1.29 is 19.0 Å². The number of halogens is 1. The van der Waals surface area contributed by atoms with Crippen LogP contribution in [0.3, 0.4) is 0 Å². The van der Waals surface area contributed by atoms with E-state index in [2.05, 4.69) is 15.4 Å². The number of nitrogens with zero attached hydrogens (tertiary/aromatic N) is 2. The largest absolute Gasteiger partial charge is 0.496 e. The van der Waals surface area contributed by atoms with Crippen molar-refractivity contribution >= 4 is 29.4 Å². The monoisotopic (exact) mass is 403 g/mol. The molecule has 1 amide bonds. The summed E-state index contributed by atoms with van der Waals surface area (Å²) >= 11 is 5.98. The van der Waals surface area contributed by atoms with Crippen LogP contribution in [0.25, 0.3) is 0 Å². The first kappa shape index (κ1) is 20.0. The van der Waals surface area contributed by atoms with Crippen LogP contribution in [0, 0.1) is 0 Å². The van der Waals surface area contributed by atoms with Crippen LogP contribution in [0.5, 0.6) is 11.5 Å². The molecule has 0 radical (unpaired) electrons. The molecule has 1 saturated heterocycles. The molecule has 8 heteroatoms. The average molecular weight is 404 g/mol. The predicted molar refractivity (Wildman–Crippen MR) is 109 cm³/mol. The zero-order valence-electron chi connectivity index (χ0n) is 15.6. The molecule has 0 aliphatic carbocycles. The number of amides is 1. The second-order valence-electron chi connectivity index (χ2n) is 6.04. The molecule has 0 aromatic heterocycles. The number of rotatable bonds is 7. The van der Waals surface area contributed by atoms with Gasteiger partial charge in [-0.05, 0) is 24.3 Å². The summed E-state index contributed by atoms with van der Waals surface area (Å²) in [6.07, 6.45) is 1.54. The third kappa shape index (κ3) is 5.37.